The molecule has 0 aliphatic heterocycles. The average Bonchev–Trinajstić information content (AvgIpc) is 2.60. The van der Waals surface area contributed by atoms with E-state index in [4.69, 9.17) is 0 Å². The van der Waals surface area contributed by atoms with Gasteiger partial charge in [0.05, 0.1) is 0 Å². The van der Waals surface area contributed by atoms with Crippen molar-refractivity contribution in [3.63, 3.8) is 0 Å². The van der Waals surface area contributed by atoms with Crippen LogP contribution in [-0.2, 0) is 17.8 Å². The minimum Gasteiger partial charge on any atom is -1.00 e. The Morgan fingerprint density at radius 3 is 1.65 bits per heavy atom. The van der Waals surface area contributed by atoms with Crippen molar-refractivity contribution in [2.45, 2.75) is 96.8 Å². The molecule has 0 aliphatic carbocycles. The van der Waals surface area contributed by atoms with Crippen LogP contribution in [0.5, 0.6) is 5.75 Å². The number of hydrogen-bond donors (Lipinski definition) is 0. The second kappa shape index (κ2) is 19.1. The molecule has 0 N–H and O–H groups in total. The molecule has 0 aliphatic rings. The first-order chi connectivity index (χ1) is 12.2. The Balaban J connectivity index is 0. The molecular weight excluding hydrogens is 371 g/mol. The number of benzene rings is 1. The summed E-state index contributed by atoms with van der Waals surface area (Å²) in [5, 5.41) is 0. The Kier molecular flexibility index (Phi) is 19.7. The fourth-order valence-electron chi connectivity index (χ4n) is 3.14. The number of aryl methyl sites for hydroxylation is 1. The van der Waals surface area contributed by atoms with Crippen LogP contribution in [0.15, 0.2) is 24.3 Å². The number of rotatable bonds is 16. The fourth-order valence-corrected chi connectivity index (χ4v) is 3.41. The third-order valence-corrected chi connectivity index (χ3v) is 4.99. The summed E-state index contributed by atoms with van der Waals surface area (Å²) in [6, 6.07) is 7.33. The molecule has 0 saturated carbocycles. The van der Waals surface area contributed by atoms with Crippen molar-refractivity contribution in [3.8, 4) is 5.75 Å². The molecule has 0 saturated heterocycles. The molecule has 0 radical (unpaired) electrons. The normalized spacial score (nSPS) is 11.8. The SMILES string of the molecule is CCCCCCCCCCCCCCCc1ccc(OS(=O)[O-])cc1.[H-].[K+]. The van der Waals surface area contributed by atoms with Gasteiger partial charge in [0.15, 0.2) is 0 Å². The van der Waals surface area contributed by atoms with E-state index in [1.807, 2.05) is 12.1 Å². The smallest absolute Gasteiger partial charge is 1.00 e. The van der Waals surface area contributed by atoms with Crippen molar-refractivity contribution >= 4 is 11.4 Å². The van der Waals surface area contributed by atoms with Crippen LogP contribution in [-0.4, -0.2) is 8.76 Å². The summed E-state index contributed by atoms with van der Waals surface area (Å²) in [7, 11) is 0. The molecule has 1 unspecified atom stereocenters. The summed E-state index contributed by atoms with van der Waals surface area (Å²) < 4.78 is 25.5. The Morgan fingerprint density at radius 1 is 0.808 bits per heavy atom. The molecule has 5 heteroatoms. The predicted molar refractivity (Wildman–Crippen MR) is 107 cm³/mol. The van der Waals surface area contributed by atoms with Gasteiger partial charge in [0.1, 0.15) is 17.1 Å². The average molecular weight is 408 g/mol. The molecule has 26 heavy (non-hydrogen) atoms. The van der Waals surface area contributed by atoms with Crippen molar-refractivity contribution in [3.05, 3.63) is 29.8 Å². The van der Waals surface area contributed by atoms with Gasteiger partial charge in [-0.2, -0.15) is 0 Å². The van der Waals surface area contributed by atoms with Crippen LogP contribution in [0.1, 0.15) is 97.4 Å². The number of hydrogen-bond acceptors (Lipinski definition) is 3. The van der Waals surface area contributed by atoms with Crippen LogP contribution in [0.25, 0.3) is 0 Å². The molecular formula is C21H36KO3S-. The summed E-state index contributed by atoms with van der Waals surface area (Å²) in [5.74, 6) is 0.377. The van der Waals surface area contributed by atoms with E-state index in [2.05, 4.69) is 11.1 Å². The Morgan fingerprint density at radius 2 is 1.23 bits per heavy atom. The van der Waals surface area contributed by atoms with Gasteiger partial charge < -0.3 is 10.2 Å². The summed E-state index contributed by atoms with van der Waals surface area (Å²) in [6.07, 6.45) is 18.8. The van der Waals surface area contributed by atoms with Gasteiger partial charge in [-0.05, 0) is 30.5 Å². The van der Waals surface area contributed by atoms with Gasteiger partial charge in [0.25, 0.3) is 0 Å². The first-order valence-electron chi connectivity index (χ1n) is 10.1. The standard InChI is InChI=1S/C21H36O3S.K.H/c1-2-3-4-5-6-7-8-9-10-11-12-13-14-15-20-16-18-21(19-17-20)24-25(22)23;;/h16-19H,2-15H2,1H3,(H,22,23);;/q;+1;-1/p-1. The Bertz CT molecular complexity index is 457. The minimum absolute atomic E-state index is 0. The molecule has 0 spiro atoms. The first-order valence-corrected chi connectivity index (χ1v) is 11.1. The maximum absolute atomic E-state index is 10.4. The van der Waals surface area contributed by atoms with Crippen LogP contribution in [0.4, 0.5) is 0 Å². The maximum Gasteiger partial charge on any atom is 1.00 e. The molecule has 1 atom stereocenters. The zero-order valence-electron chi connectivity index (χ0n) is 17.8. The van der Waals surface area contributed by atoms with E-state index in [1.165, 1.54) is 89.0 Å². The predicted octanol–water partition coefficient (Wildman–Crippen LogP) is 3.61. The van der Waals surface area contributed by atoms with Crippen molar-refractivity contribution in [2.24, 2.45) is 0 Å². The van der Waals surface area contributed by atoms with Gasteiger partial charge in [-0.25, -0.2) is 4.21 Å². The molecule has 1 rings (SSSR count). The molecule has 0 amide bonds. The van der Waals surface area contributed by atoms with E-state index in [0.717, 1.165) is 6.42 Å². The monoisotopic (exact) mass is 407 g/mol. The molecule has 146 valence electrons. The van der Waals surface area contributed by atoms with E-state index < -0.39 is 11.4 Å². The topological polar surface area (TPSA) is 49.4 Å². The molecule has 0 bridgehead atoms. The van der Waals surface area contributed by atoms with Crippen molar-refractivity contribution in [2.75, 3.05) is 0 Å². The van der Waals surface area contributed by atoms with E-state index in [0.29, 0.717) is 5.75 Å². The van der Waals surface area contributed by atoms with Gasteiger partial charge in [-0.3, -0.25) is 0 Å². The third-order valence-electron chi connectivity index (χ3n) is 4.66. The van der Waals surface area contributed by atoms with E-state index >= 15 is 0 Å². The van der Waals surface area contributed by atoms with Gasteiger partial charge in [0.2, 0.25) is 0 Å². The minimum atomic E-state index is -2.49. The van der Waals surface area contributed by atoms with Gasteiger partial charge >= 0.3 is 51.4 Å². The zero-order valence-corrected chi connectivity index (χ0v) is 20.8. The van der Waals surface area contributed by atoms with Crippen molar-refractivity contribution in [1.29, 1.82) is 0 Å². The van der Waals surface area contributed by atoms with Crippen LogP contribution in [0.3, 0.4) is 0 Å². The Hall–Kier alpha value is 0.766. The van der Waals surface area contributed by atoms with E-state index in [9.17, 15) is 8.76 Å². The van der Waals surface area contributed by atoms with Crippen LogP contribution in [0, 0.1) is 0 Å². The summed E-state index contributed by atoms with van der Waals surface area (Å²) in [4.78, 5) is 0. The molecule has 0 fully saturated rings. The van der Waals surface area contributed by atoms with Gasteiger partial charge in [-0.15, -0.1) is 0 Å². The van der Waals surface area contributed by atoms with E-state index in [1.54, 1.807) is 12.1 Å². The van der Waals surface area contributed by atoms with E-state index in [-0.39, 0.29) is 52.8 Å². The maximum atomic E-state index is 10.4. The molecule has 1 aromatic rings. The summed E-state index contributed by atoms with van der Waals surface area (Å²) in [5.41, 5.74) is 1.24. The largest absolute Gasteiger partial charge is 1.00 e. The molecule has 3 nitrogen and oxygen atoms in total. The second-order valence-corrected chi connectivity index (χ2v) is 7.50. The van der Waals surface area contributed by atoms with Crippen molar-refractivity contribution < 1.29 is 65.8 Å². The Labute approximate surface area is 207 Å². The number of unbranched alkanes of at least 4 members (excludes halogenated alkanes) is 12. The van der Waals surface area contributed by atoms with Gasteiger partial charge in [0, 0.05) is 0 Å². The quantitative estimate of drug-likeness (QED) is 0.239. The summed E-state index contributed by atoms with van der Waals surface area (Å²) >= 11 is -2.49. The van der Waals surface area contributed by atoms with Gasteiger partial charge in [-0.1, -0.05) is 96.1 Å². The fraction of sp³-hybridized carbons (Fsp3) is 0.714. The molecule has 1 aromatic carbocycles. The molecule has 0 aromatic heterocycles. The first kappa shape index (κ1) is 26.8. The summed E-state index contributed by atoms with van der Waals surface area (Å²) in [6.45, 7) is 2.27. The zero-order chi connectivity index (χ0) is 18.2. The van der Waals surface area contributed by atoms with Crippen LogP contribution < -0.4 is 55.6 Å². The van der Waals surface area contributed by atoms with Crippen LogP contribution >= 0.6 is 0 Å². The van der Waals surface area contributed by atoms with Crippen LogP contribution in [0.2, 0.25) is 0 Å². The third kappa shape index (κ3) is 15.8. The van der Waals surface area contributed by atoms with Crippen molar-refractivity contribution in [1.82, 2.24) is 0 Å². The second-order valence-electron chi connectivity index (χ2n) is 6.92. The molecule has 0 heterocycles.